The second kappa shape index (κ2) is 6.52. The molecule has 1 heterocycles. The van der Waals surface area contributed by atoms with Gasteiger partial charge in [-0.15, -0.1) is 0 Å². The Labute approximate surface area is 121 Å². The Balaban J connectivity index is 2.32. The Hall–Kier alpha value is -1.17. The zero-order chi connectivity index (χ0) is 14.6. The van der Waals surface area contributed by atoms with E-state index in [2.05, 4.69) is 11.4 Å². The van der Waals surface area contributed by atoms with Crippen LogP contribution in [0.5, 0.6) is 0 Å². The van der Waals surface area contributed by atoms with E-state index < -0.39 is 10.0 Å². The van der Waals surface area contributed by atoms with E-state index in [1.54, 1.807) is 16.4 Å². The van der Waals surface area contributed by atoms with Crippen LogP contribution in [0, 0.1) is 0 Å². The van der Waals surface area contributed by atoms with Gasteiger partial charge in [0.2, 0.25) is 10.0 Å². The second-order valence-corrected chi connectivity index (χ2v) is 6.97. The van der Waals surface area contributed by atoms with E-state index in [0.29, 0.717) is 24.5 Å². The molecule has 1 N–H and O–H groups in total. The number of nitrogens with one attached hydrogen (secondary N) is 1. The van der Waals surface area contributed by atoms with Gasteiger partial charge in [-0.3, -0.25) is 0 Å². The average Bonchev–Trinajstić information content (AvgIpc) is 2.45. The lowest BCUT2D eigenvalue weighted by Crippen LogP contribution is -2.36. The van der Waals surface area contributed by atoms with Gasteiger partial charge < -0.3 is 5.32 Å². The highest BCUT2D eigenvalue weighted by atomic mass is 32.2. The van der Waals surface area contributed by atoms with Crippen LogP contribution in [-0.2, 0) is 16.6 Å². The van der Waals surface area contributed by atoms with Crippen molar-refractivity contribution in [2.45, 2.75) is 31.7 Å². The maximum absolute atomic E-state index is 12.8. The summed E-state index contributed by atoms with van der Waals surface area (Å²) in [7, 11) is -3.40. The number of sulfonamides is 1. The molecule has 0 amide bonds. The summed E-state index contributed by atoms with van der Waals surface area (Å²) in [5.41, 5.74) is 1.95. The Bertz CT molecular complexity index is 594. The van der Waals surface area contributed by atoms with Gasteiger partial charge in [-0.25, -0.2) is 8.42 Å². The molecule has 0 radical (unpaired) electrons. The van der Waals surface area contributed by atoms with Gasteiger partial charge in [0.05, 0.1) is 4.90 Å². The number of benzene rings is 1. The van der Waals surface area contributed by atoms with Gasteiger partial charge in [0.15, 0.2) is 0 Å². The van der Waals surface area contributed by atoms with Crippen molar-refractivity contribution in [1.82, 2.24) is 9.62 Å². The fourth-order valence-electron chi connectivity index (χ4n) is 2.38. The molecule has 5 heteroatoms. The third kappa shape index (κ3) is 3.29. The standard InChI is InChI=1S/C15H22N2O2S/c1-3-16-11-14-8-4-5-9-15(14)20(18,19)17-10-6-7-13(2)12-17/h4-5,7-9,16H,3,6,10-12H2,1-2H3. The van der Waals surface area contributed by atoms with E-state index in [9.17, 15) is 8.42 Å². The van der Waals surface area contributed by atoms with Crippen LogP contribution >= 0.6 is 0 Å². The van der Waals surface area contributed by atoms with Crippen LogP contribution in [0.1, 0.15) is 25.8 Å². The van der Waals surface area contributed by atoms with Gasteiger partial charge in [0.25, 0.3) is 0 Å². The van der Waals surface area contributed by atoms with Gasteiger partial charge in [-0.05, 0) is 31.5 Å². The SMILES string of the molecule is CCNCc1ccccc1S(=O)(=O)N1CCC=C(C)C1. The summed E-state index contributed by atoms with van der Waals surface area (Å²) < 4.78 is 27.2. The van der Waals surface area contributed by atoms with Crippen molar-refractivity contribution >= 4 is 10.0 Å². The van der Waals surface area contributed by atoms with Gasteiger partial charge in [0.1, 0.15) is 0 Å². The van der Waals surface area contributed by atoms with Crippen molar-refractivity contribution in [3.05, 3.63) is 41.5 Å². The summed E-state index contributed by atoms with van der Waals surface area (Å²) in [5, 5.41) is 3.19. The first-order valence-corrected chi connectivity index (χ1v) is 8.44. The van der Waals surface area contributed by atoms with Crippen molar-refractivity contribution in [3.63, 3.8) is 0 Å². The minimum atomic E-state index is -3.40. The monoisotopic (exact) mass is 294 g/mol. The predicted octanol–water partition coefficient (Wildman–Crippen LogP) is 2.14. The first kappa shape index (κ1) is 15.2. The molecule has 1 aliphatic rings. The van der Waals surface area contributed by atoms with Crippen molar-refractivity contribution in [3.8, 4) is 0 Å². The first-order valence-electron chi connectivity index (χ1n) is 7.00. The third-order valence-corrected chi connectivity index (χ3v) is 5.40. The van der Waals surface area contributed by atoms with E-state index in [1.807, 2.05) is 26.0 Å². The highest BCUT2D eigenvalue weighted by Gasteiger charge is 2.27. The Morgan fingerprint density at radius 3 is 2.75 bits per heavy atom. The van der Waals surface area contributed by atoms with Crippen LogP contribution in [0.3, 0.4) is 0 Å². The van der Waals surface area contributed by atoms with Crippen LogP contribution in [0.25, 0.3) is 0 Å². The van der Waals surface area contributed by atoms with Gasteiger partial charge in [-0.2, -0.15) is 4.31 Å². The Kier molecular flexibility index (Phi) is 4.96. The maximum Gasteiger partial charge on any atom is 0.243 e. The van der Waals surface area contributed by atoms with E-state index in [-0.39, 0.29) is 0 Å². The van der Waals surface area contributed by atoms with Crippen molar-refractivity contribution in [2.24, 2.45) is 0 Å². The molecule has 1 aliphatic heterocycles. The van der Waals surface area contributed by atoms with Crippen LogP contribution in [0.15, 0.2) is 40.8 Å². The third-order valence-electron chi connectivity index (χ3n) is 3.45. The molecule has 4 nitrogen and oxygen atoms in total. The van der Waals surface area contributed by atoms with Crippen molar-refractivity contribution in [2.75, 3.05) is 19.6 Å². The molecule has 0 aromatic heterocycles. The van der Waals surface area contributed by atoms with E-state index >= 15 is 0 Å². The topological polar surface area (TPSA) is 49.4 Å². The molecule has 2 rings (SSSR count). The van der Waals surface area contributed by atoms with Crippen LogP contribution in [0.2, 0.25) is 0 Å². The quantitative estimate of drug-likeness (QED) is 0.846. The number of nitrogens with zero attached hydrogens (tertiary/aromatic N) is 1. The Morgan fingerprint density at radius 2 is 2.05 bits per heavy atom. The van der Waals surface area contributed by atoms with E-state index in [4.69, 9.17) is 0 Å². The highest BCUT2D eigenvalue weighted by Crippen LogP contribution is 2.23. The number of hydrogen-bond donors (Lipinski definition) is 1. The molecule has 20 heavy (non-hydrogen) atoms. The summed E-state index contributed by atoms with van der Waals surface area (Å²) in [6, 6.07) is 7.25. The maximum atomic E-state index is 12.8. The molecule has 0 saturated carbocycles. The summed E-state index contributed by atoms with van der Waals surface area (Å²) in [4.78, 5) is 0.427. The normalized spacial score (nSPS) is 17.0. The highest BCUT2D eigenvalue weighted by molar-refractivity contribution is 7.89. The van der Waals surface area contributed by atoms with Gasteiger partial charge in [-0.1, -0.05) is 36.8 Å². The lowest BCUT2D eigenvalue weighted by atomic mass is 10.2. The minimum absolute atomic E-state index is 0.427. The molecule has 0 aliphatic carbocycles. The smallest absolute Gasteiger partial charge is 0.243 e. The van der Waals surface area contributed by atoms with Crippen LogP contribution in [0.4, 0.5) is 0 Å². The second-order valence-electron chi connectivity index (χ2n) is 5.07. The largest absolute Gasteiger partial charge is 0.313 e. The minimum Gasteiger partial charge on any atom is -0.313 e. The molecule has 0 saturated heterocycles. The van der Waals surface area contributed by atoms with Gasteiger partial charge in [0, 0.05) is 19.6 Å². The number of hydrogen-bond acceptors (Lipinski definition) is 3. The van der Waals surface area contributed by atoms with Crippen molar-refractivity contribution < 1.29 is 8.42 Å². The molecule has 0 atom stereocenters. The molecule has 0 spiro atoms. The molecule has 1 aromatic rings. The predicted molar refractivity (Wildman–Crippen MR) is 81.0 cm³/mol. The van der Waals surface area contributed by atoms with Crippen LogP contribution < -0.4 is 5.32 Å². The molecular formula is C15H22N2O2S. The Morgan fingerprint density at radius 1 is 1.30 bits per heavy atom. The molecule has 110 valence electrons. The summed E-state index contributed by atoms with van der Waals surface area (Å²) in [6.45, 7) is 6.45. The lowest BCUT2D eigenvalue weighted by molar-refractivity contribution is 0.427. The van der Waals surface area contributed by atoms with E-state index in [0.717, 1.165) is 24.1 Å². The van der Waals surface area contributed by atoms with Crippen molar-refractivity contribution in [1.29, 1.82) is 0 Å². The fourth-order valence-corrected chi connectivity index (χ4v) is 4.10. The summed E-state index contributed by atoms with van der Waals surface area (Å²) in [6.07, 6.45) is 2.90. The molecule has 0 bridgehead atoms. The summed E-state index contributed by atoms with van der Waals surface area (Å²) >= 11 is 0. The molecule has 1 aromatic carbocycles. The number of rotatable bonds is 5. The zero-order valence-electron chi connectivity index (χ0n) is 12.1. The van der Waals surface area contributed by atoms with E-state index in [1.165, 1.54) is 0 Å². The average molecular weight is 294 g/mol. The first-order chi connectivity index (χ1) is 9.55. The molecule has 0 fully saturated rings. The van der Waals surface area contributed by atoms with Gasteiger partial charge >= 0.3 is 0 Å². The summed E-state index contributed by atoms with van der Waals surface area (Å²) in [5.74, 6) is 0. The van der Waals surface area contributed by atoms with Crippen LogP contribution in [-0.4, -0.2) is 32.4 Å². The fraction of sp³-hybridized carbons (Fsp3) is 0.467. The zero-order valence-corrected chi connectivity index (χ0v) is 12.9. The lowest BCUT2D eigenvalue weighted by Gasteiger charge is -2.26. The molecule has 0 unspecified atom stereocenters. The molecular weight excluding hydrogens is 272 g/mol.